The number of ether oxygens (including phenoxy) is 1. The SMILES string of the molecule is COC(=O)c1c(C[NH+]2CCN(c3ccccc3Cl)CC2)nc2ccccc2c1C. The number of methoxy groups -OCH3 is 1. The lowest BCUT2D eigenvalue weighted by molar-refractivity contribution is -0.914. The van der Waals surface area contributed by atoms with Crippen LogP contribution >= 0.6 is 11.6 Å². The number of para-hydroxylation sites is 2. The third kappa shape index (κ3) is 3.93. The van der Waals surface area contributed by atoms with Crippen molar-refractivity contribution in [3.05, 3.63) is 70.4 Å². The number of quaternary nitrogens is 1. The molecule has 0 atom stereocenters. The average Bonchev–Trinajstić information content (AvgIpc) is 2.74. The van der Waals surface area contributed by atoms with Crippen LogP contribution in [-0.4, -0.2) is 44.2 Å². The van der Waals surface area contributed by atoms with Crippen molar-refractivity contribution in [2.24, 2.45) is 0 Å². The van der Waals surface area contributed by atoms with Crippen LogP contribution in [0.1, 0.15) is 21.6 Å². The smallest absolute Gasteiger partial charge is 0.340 e. The predicted molar refractivity (Wildman–Crippen MR) is 116 cm³/mol. The summed E-state index contributed by atoms with van der Waals surface area (Å²) in [6.45, 7) is 6.42. The number of hydrogen-bond donors (Lipinski definition) is 1. The van der Waals surface area contributed by atoms with Crippen LogP contribution in [0.3, 0.4) is 0 Å². The number of benzene rings is 2. The van der Waals surface area contributed by atoms with E-state index < -0.39 is 0 Å². The number of carbonyl (C=O) groups is 1. The Kier molecular flexibility index (Phi) is 5.69. The van der Waals surface area contributed by atoms with Crippen LogP contribution in [-0.2, 0) is 11.3 Å². The quantitative estimate of drug-likeness (QED) is 0.672. The van der Waals surface area contributed by atoms with Crippen LogP contribution in [0.5, 0.6) is 0 Å². The zero-order chi connectivity index (χ0) is 20.4. The maximum atomic E-state index is 12.5. The first kappa shape index (κ1) is 19.7. The van der Waals surface area contributed by atoms with E-state index in [-0.39, 0.29) is 5.97 Å². The number of pyridine rings is 1. The van der Waals surface area contributed by atoms with Gasteiger partial charge in [-0.2, -0.15) is 0 Å². The van der Waals surface area contributed by atoms with Crippen LogP contribution in [0.4, 0.5) is 5.69 Å². The number of rotatable bonds is 4. The van der Waals surface area contributed by atoms with Crippen LogP contribution in [0.25, 0.3) is 10.9 Å². The second-order valence-electron chi connectivity index (χ2n) is 7.43. The first-order valence-electron chi connectivity index (χ1n) is 9.88. The van der Waals surface area contributed by atoms with E-state index >= 15 is 0 Å². The molecular formula is C23H25ClN3O2+. The number of nitrogens with zero attached hydrogens (tertiary/aromatic N) is 2. The number of halogens is 1. The molecule has 150 valence electrons. The molecule has 0 radical (unpaired) electrons. The van der Waals surface area contributed by atoms with Crippen molar-refractivity contribution in [1.82, 2.24) is 4.98 Å². The van der Waals surface area contributed by atoms with Gasteiger partial charge in [-0.1, -0.05) is 41.9 Å². The second kappa shape index (κ2) is 8.39. The number of esters is 1. The summed E-state index contributed by atoms with van der Waals surface area (Å²) < 4.78 is 5.07. The number of fused-ring (bicyclic) bond motifs is 1. The lowest BCUT2D eigenvalue weighted by atomic mass is 10.0. The molecule has 1 N–H and O–H groups in total. The highest BCUT2D eigenvalue weighted by molar-refractivity contribution is 6.33. The monoisotopic (exact) mass is 410 g/mol. The minimum Gasteiger partial charge on any atom is -0.465 e. The Morgan fingerprint density at radius 2 is 1.83 bits per heavy atom. The Bertz CT molecular complexity index is 1050. The number of piperazine rings is 1. The van der Waals surface area contributed by atoms with Crippen LogP contribution in [0, 0.1) is 6.92 Å². The molecule has 1 saturated heterocycles. The molecular weight excluding hydrogens is 386 g/mol. The lowest BCUT2D eigenvalue weighted by Gasteiger charge is -2.34. The van der Waals surface area contributed by atoms with Gasteiger partial charge in [0.1, 0.15) is 12.2 Å². The summed E-state index contributed by atoms with van der Waals surface area (Å²) >= 11 is 6.36. The van der Waals surface area contributed by atoms with E-state index in [0.717, 1.165) is 59.0 Å². The van der Waals surface area contributed by atoms with Gasteiger partial charge in [0, 0.05) is 5.39 Å². The number of aromatic nitrogens is 1. The minimum atomic E-state index is -0.315. The Morgan fingerprint density at radius 1 is 1.14 bits per heavy atom. The number of aryl methyl sites for hydroxylation is 1. The van der Waals surface area contributed by atoms with Crippen molar-refractivity contribution in [3.8, 4) is 0 Å². The molecule has 6 heteroatoms. The number of carbonyl (C=O) groups excluding carboxylic acids is 1. The van der Waals surface area contributed by atoms with Crippen LogP contribution < -0.4 is 9.80 Å². The third-order valence-electron chi connectivity index (χ3n) is 5.70. The zero-order valence-electron chi connectivity index (χ0n) is 16.7. The van der Waals surface area contributed by atoms with Gasteiger partial charge in [0.25, 0.3) is 0 Å². The van der Waals surface area contributed by atoms with Gasteiger partial charge >= 0.3 is 5.97 Å². The standard InChI is InChI=1S/C23H24ClN3O2/c1-16-17-7-3-5-9-19(17)25-20(22(16)23(28)29-2)15-26-11-13-27(14-12-26)21-10-6-4-8-18(21)24/h3-10H,11-15H2,1-2H3/p+1. The van der Waals surface area contributed by atoms with Gasteiger partial charge in [-0.3, -0.25) is 0 Å². The van der Waals surface area contributed by atoms with Gasteiger partial charge in [-0.05, 0) is 30.7 Å². The first-order chi connectivity index (χ1) is 14.1. The van der Waals surface area contributed by atoms with Crippen molar-refractivity contribution < 1.29 is 14.4 Å². The largest absolute Gasteiger partial charge is 0.465 e. The molecule has 3 aromatic rings. The molecule has 1 fully saturated rings. The highest BCUT2D eigenvalue weighted by Gasteiger charge is 2.26. The molecule has 0 spiro atoms. The van der Waals surface area contributed by atoms with Gasteiger partial charge < -0.3 is 14.5 Å². The fourth-order valence-electron chi connectivity index (χ4n) is 4.13. The summed E-state index contributed by atoms with van der Waals surface area (Å²) in [5.74, 6) is -0.315. The van der Waals surface area contributed by atoms with Crippen molar-refractivity contribution in [2.75, 3.05) is 38.2 Å². The zero-order valence-corrected chi connectivity index (χ0v) is 17.5. The van der Waals surface area contributed by atoms with Gasteiger partial charge in [0.05, 0.1) is 55.1 Å². The van der Waals surface area contributed by atoms with E-state index in [4.69, 9.17) is 21.3 Å². The first-order valence-corrected chi connectivity index (χ1v) is 10.3. The molecule has 5 nitrogen and oxygen atoms in total. The molecule has 2 aromatic carbocycles. The van der Waals surface area contributed by atoms with Crippen LogP contribution in [0.2, 0.25) is 5.02 Å². The molecule has 1 aliphatic heterocycles. The molecule has 0 aliphatic carbocycles. The summed E-state index contributed by atoms with van der Waals surface area (Å²) in [4.78, 5) is 21.1. The number of anilines is 1. The Labute approximate surface area is 175 Å². The molecule has 0 bridgehead atoms. The van der Waals surface area contributed by atoms with Crippen molar-refractivity contribution in [1.29, 1.82) is 0 Å². The third-order valence-corrected chi connectivity index (χ3v) is 6.02. The molecule has 0 unspecified atom stereocenters. The van der Waals surface area contributed by atoms with Crippen molar-refractivity contribution in [3.63, 3.8) is 0 Å². The van der Waals surface area contributed by atoms with Gasteiger partial charge in [0.2, 0.25) is 0 Å². The number of nitrogens with one attached hydrogen (secondary N) is 1. The van der Waals surface area contributed by atoms with Gasteiger partial charge in [-0.15, -0.1) is 0 Å². The van der Waals surface area contributed by atoms with Crippen molar-refractivity contribution >= 4 is 34.2 Å². The summed E-state index contributed by atoms with van der Waals surface area (Å²) in [7, 11) is 1.43. The summed E-state index contributed by atoms with van der Waals surface area (Å²) in [6, 6.07) is 15.9. The highest BCUT2D eigenvalue weighted by Crippen LogP contribution is 2.25. The maximum absolute atomic E-state index is 12.5. The molecule has 0 saturated carbocycles. The van der Waals surface area contributed by atoms with Crippen molar-refractivity contribution in [2.45, 2.75) is 13.5 Å². The Hall–Kier alpha value is -2.63. The molecule has 2 heterocycles. The fraction of sp³-hybridized carbons (Fsp3) is 0.304. The van der Waals surface area contributed by atoms with E-state index in [2.05, 4.69) is 11.0 Å². The summed E-state index contributed by atoms with van der Waals surface area (Å²) in [5, 5.41) is 1.78. The summed E-state index contributed by atoms with van der Waals surface area (Å²) in [5.41, 5.74) is 4.36. The number of hydrogen-bond acceptors (Lipinski definition) is 4. The van der Waals surface area contributed by atoms with Gasteiger partial charge in [-0.25, -0.2) is 9.78 Å². The second-order valence-corrected chi connectivity index (χ2v) is 7.84. The van der Waals surface area contributed by atoms with Gasteiger partial charge in [0.15, 0.2) is 0 Å². The maximum Gasteiger partial charge on any atom is 0.340 e. The molecule has 1 aromatic heterocycles. The predicted octanol–water partition coefficient (Wildman–Crippen LogP) is 2.89. The fourth-order valence-corrected chi connectivity index (χ4v) is 4.38. The minimum absolute atomic E-state index is 0.315. The normalized spacial score (nSPS) is 14.9. The Balaban J connectivity index is 1.57. The van der Waals surface area contributed by atoms with E-state index in [9.17, 15) is 4.79 Å². The molecule has 4 rings (SSSR count). The van der Waals surface area contributed by atoms with E-state index in [1.165, 1.54) is 12.0 Å². The average molecular weight is 411 g/mol. The topological polar surface area (TPSA) is 46.9 Å². The Morgan fingerprint density at radius 3 is 2.55 bits per heavy atom. The molecule has 29 heavy (non-hydrogen) atoms. The van der Waals surface area contributed by atoms with Crippen LogP contribution in [0.15, 0.2) is 48.5 Å². The summed E-state index contributed by atoms with van der Waals surface area (Å²) in [6.07, 6.45) is 0. The molecule has 0 amide bonds. The van der Waals surface area contributed by atoms with E-state index in [1.54, 1.807) is 0 Å². The lowest BCUT2D eigenvalue weighted by Crippen LogP contribution is -3.13. The van der Waals surface area contributed by atoms with E-state index in [0.29, 0.717) is 12.1 Å². The molecule has 1 aliphatic rings. The highest BCUT2D eigenvalue weighted by atomic mass is 35.5. The van der Waals surface area contributed by atoms with E-state index in [1.807, 2.05) is 49.4 Å².